The fraction of sp³-hybridized carbons (Fsp3) is 0.593. The summed E-state index contributed by atoms with van der Waals surface area (Å²) in [6.07, 6.45) is 2.35. The number of primary amides is 1. The highest BCUT2D eigenvalue weighted by molar-refractivity contribution is 5.94. The Balaban J connectivity index is 2.06. The zero-order valence-corrected chi connectivity index (χ0v) is 23.1. The summed E-state index contributed by atoms with van der Waals surface area (Å²) < 4.78 is 10.6. The number of rotatable bonds is 23. The van der Waals surface area contributed by atoms with Crippen LogP contribution >= 0.6 is 0 Å². The maximum atomic E-state index is 12.1. The molecule has 0 fully saturated rings. The van der Waals surface area contributed by atoms with Crippen LogP contribution < -0.4 is 27.4 Å². The number of nitrogen functional groups attached to an aromatic ring is 1. The summed E-state index contributed by atoms with van der Waals surface area (Å²) in [6, 6.07) is 5.73. The summed E-state index contributed by atoms with van der Waals surface area (Å²) in [5, 5.41) is 17.0. The number of hydrogen-bond acceptors (Lipinski definition) is 9. The molecular weight excluding hydrogens is 522 g/mol. The number of hydrogen-bond donors (Lipinski definition) is 6. The molecule has 0 saturated carbocycles. The van der Waals surface area contributed by atoms with Crippen molar-refractivity contribution < 1.29 is 38.6 Å². The third-order valence-corrected chi connectivity index (χ3v) is 5.83. The van der Waals surface area contributed by atoms with Crippen molar-refractivity contribution in [3.8, 4) is 0 Å². The molecule has 13 heteroatoms. The minimum absolute atomic E-state index is 0.0163. The van der Waals surface area contributed by atoms with Crippen LogP contribution in [0.4, 0.5) is 5.69 Å². The third-order valence-electron chi connectivity index (χ3n) is 5.83. The second kappa shape index (κ2) is 20.4. The van der Waals surface area contributed by atoms with E-state index in [2.05, 4.69) is 16.0 Å². The number of carbonyl (C=O) groups excluding carboxylic acids is 4. The van der Waals surface area contributed by atoms with Crippen molar-refractivity contribution >= 4 is 35.2 Å². The maximum absolute atomic E-state index is 12.1. The Morgan fingerprint density at radius 1 is 0.950 bits per heavy atom. The Morgan fingerprint density at radius 3 is 2.33 bits per heavy atom. The lowest BCUT2D eigenvalue weighted by atomic mass is 9.99. The lowest BCUT2D eigenvalue weighted by Gasteiger charge is -2.15. The Morgan fingerprint density at radius 2 is 1.65 bits per heavy atom. The predicted octanol–water partition coefficient (Wildman–Crippen LogP) is 0.222. The summed E-state index contributed by atoms with van der Waals surface area (Å²) in [6.45, 7) is 3.42. The molecule has 2 unspecified atom stereocenters. The molecular formula is C27H43N5O8. The molecule has 0 saturated heterocycles. The van der Waals surface area contributed by atoms with Gasteiger partial charge in [0.2, 0.25) is 11.8 Å². The van der Waals surface area contributed by atoms with Gasteiger partial charge < -0.3 is 42.0 Å². The van der Waals surface area contributed by atoms with E-state index < -0.39 is 23.8 Å². The van der Waals surface area contributed by atoms with Crippen molar-refractivity contribution in [2.75, 3.05) is 51.8 Å². The van der Waals surface area contributed by atoms with Crippen molar-refractivity contribution in [2.45, 2.75) is 51.5 Å². The van der Waals surface area contributed by atoms with Gasteiger partial charge in [-0.2, -0.15) is 0 Å². The number of anilines is 1. The molecule has 0 aliphatic rings. The number of benzene rings is 1. The third kappa shape index (κ3) is 17.1. The summed E-state index contributed by atoms with van der Waals surface area (Å²) in [7, 11) is 0. The topological polar surface area (TPSA) is 212 Å². The summed E-state index contributed by atoms with van der Waals surface area (Å²) in [5.41, 5.74) is 12.1. The largest absolute Gasteiger partial charge is 0.481 e. The normalized spacial score (nSPS) is 12.3. The number of ketones is 1. The van der Waals surface area contributed by atoms with E-state index in [0.29, 0.717) is 63.1 Å². The molecule has 224 valence electrons. The van der Waals surface area contributed by atoms with Crippen molar-refractivity contribution in [3.05, 3.63) is 29.8 Å². The average molecular weight is 566 g/mol. The van der Waals surface area contributed by atoms with Gasteiger partial charge in [0.25, 0.3) is 5.91 Å². The van der Waals surface area contributed by atoms with Crippen LogP contribution in [0.2, 0.25) is 0 Å². The Kier molecular flexibility index (Phi) is 17.6. The number of carboxylic acid groups (broad SMARTS) is 1. The number of aliphatic carboxylic acids is 1. The molecule has 1 aromatic rings. The molecule has 13 nitrogen and oxygen atoms in total. The number of unbranched alkanes of at least 4 members (excludes halogenated alkanes) is 1. The summed E-state index contributed by atoms with van der Waals surface area (Å²) in [4.78, 5) is 58.3. The number of nitrogens with one attached hydrogen (secondary N) is 3. The highest BCUT2D eigenvalue weighted by Crippen LogP contribution is 2.10. The van der Waals surface area contributed by atoms with E-state index in [9.17, 15) is 24.0 Å². The van der Waals surface area contributed by atoms with Gasteiger partial charge in [0.05, 0.1) is 26.4 Å². The Bertz CT molecular complexity index is 941. The van der Waals surface area contributed by atoms with E-state index in [1.54, 1.807) is 24.3 Å². The van der Waals surface area contributed by atoms with Gasteiger partial charge in [-0.15, -0.1) is 0 Å². The van der Waals surface area contributed by atoms with E-state index in [-0.39, 0.29) is 50.4 Å². The van der Waals surface area contributed by atoms with Crippen molar-refractivity contribution in [3.63, 3.8) is 0 Å². The average Bonchev–Trinajstić information content (AvgIpc) is 2.90. The number of ether oxygens (including phenoxy) is 2. The minimum Gasteiger partial charge on any atom is -0.481 e. The molecule has 2 atom stereocenters. The van der Waals surface area contributed by atoms with Gasteiger partial charge in [-0.1, -0.05) is 6.92 Å². The number of carbonyl (C=O) groups is 5. The predicted molar refractivity (Wildman–Crippen MR) is 148 cm³/mol. The van der Waals surface area contributed by atoms with Crippen LogP contribution in [0.3, 0.4) is 0 Å². The van der Waals surface area contributed by atoms with Crippen LogP contribution in [0, 0.1) is 5.92 Å². The SMILES string of the molecule is CC(CCC(=O)O)CC(=O)CNCCOCCOCC(=O)NC(CCCCNC(=O)c1ccc(N)cc1)C(N)=O. The van der Waals surface area contributed by atoms with Crippen molar-refractivity contribution in [1.29, 1.82) is 0 Å². The molecule has 0 aliphatic heterocycles. The molecule has 40 heavy (non-hydrogen) atoms. The first kappa shape index (κ1) is 34.5. The van der Waals surface area contributed by atoms with Gasteiger partial charge in [0, 0.05) is 37.2 Å². The maximum Gasteiger partial charge on any atom is 0.303 e. The zero-order chi connectivity index (χ0) is 29.8. The van der Waals surface area contributed by atoms with Crippen LogP contribution in [0.15, 0.2) is 24.3 Å². The van der Waals surface area contributed by atoms with Crippen LogP contribution in [-0.2, 0) is 28.7 Å². The highest BCUT2D eigenvalue weighted by atomic mass is 16.5. The van der Waals surface area contributed by atoms with Gasteiger partial charge in [0.1, 0.15) is 18.4 Å². The van der Waals surface area contributed by atoms with E-state index in [0.717, 1.165) is 0 Å². The number of amides is 3. The lowest BCUT2D eigenvalue weighted by Crippen LogP contribution is -2.45. The fourth-order valence-electron chi connectivity index (χ4n) is 3.62. The van der Waals surface area contributed by atoms with Crippen molar-refractivity contribution in [2.24, 2.45) is 11.7 Å². The molecule has 3 amide bonds. The summed E-state index contributed by atoms with van der Waals surface area (Å²) >= 11 is 0. The quantitative estimate of drug-likeness (QED) is 0.0784. The number of Topliss-reactive ketones (excluding diaryl/α,β-unsaturated/α-hetero) is 1. The van der Waals surface area contributed by atoms with E-state index in [1.165, 1.54) is 0 Å². The molecule has 1 rings (SSSR count). The van der Waals surface area contributed by atoms with Crippen LogP contribution in [0.1, 0.15) is 55.8 Å². The van der Waals surface area contributed by atoms with Gasteiger partial charge in [-0.05, 0) is 55.9 Å². The first-order valence-electron chi connectivity index (χ1n) is 13.4. The standard InChI is InChI=1S/C27H43N5O8/c1-19(5-10-25(35)36)16-22(33)17-30-12-13-39-14-15-40-18-24(34)32-23(26(29)37)4-2-3-11-31-27(38)20-6-8-21(28)9-7-20/h6-9,19,23,30H,2-5,10-18,28H2,1H3,(H2,29,37)(H,31,38)(H,32,34)(H,35,36). The Labute approximate surface area is 234 Å². The second-order valence-electron chi connectivity index (χ2n) is 9.52. The van der Waals surface area contributed by atoms with Crippen LogP contribution in [0.5, 0.6) is 0 Å². The zero-order valence-electron chi connectivity index (χ0n) is 23.1. The van der Waals surface area contributed by atoms with E-state index in [4.69, 9.17) is 26.0 Å². The fourth-order valence-corrected chi connectivity index (χ4v) is 3.62. The first-order chi connectivity index (χ1) is 19.1. The molecule has 0 radical (unpaired) electrons. The monoisotopic (exact) mass is 565 g/mol. The molecule has 0 aromatic heterocycles. The smallest absolute Gasteiger partial charge is 0.303 e. The molecule has 0 spiro atoms. The van der Waals surface area contributed by atoms with Gasteiger partial charge in [0.15, 0.2) is 0 Å². The Hall–Kier alpha value is -3.55. The molecule has 0 bridgehead atoms. The molecule has 8 N–H and O–H groups in total. The van der Waals surface area contributed by atoms with Gasteiger partial charge >= 0.3 is 5.97 Å². The second-order valence-corrected chi connectivity index (χ2v) is 9.52. The minimum atomic E-state index is -0.865. The molecule has 0 heterocycles. The van der Waals surface area contributed by atoms with Crippen molar-refractivity contribution in [1.82, 2.24) is 16.0 Å². The van der Waals surface area contributed by atoms with Crippen LogP contribution in [-0.4, -0.2) is 86.7 Å². The lowest BCUT2D eigenvalue weighted by molar-refractivity contribution is -0.137. The molecule has 0 aliphatic carbocycles. The van der Waals surface area contributed by atoms with Crippen LogP contribution in [0.25, 0.3) is 0 Å². The van der Waals surface area contributed by atoms with Gasteiger partial charge in [-0.25, -0.2) is 0 Å². The molecule has 1 aromatic carbocycles. The summed E-state index contributed by atoms with van der Waals surface area (Å²) in [5.74, 6) is -2.17. The number of nitrogens with two attached hydrogens (primary N) is 2. The highest BCUT2D eigenvalue weighted by Gasteiger charge is 2.17. The first-order valence-corrected chi connectivity index (χ1v) is 13.4. The van der Waals surface area contributed by atoms with E-state index >= 15 is 0 Å². The van der Waals surface area contributed by atoms with Gasteiger partial charge in [-0.3, -0.25) is 24.0 Å². The number of carboxylic acids is 1. The van der Waals surface area contributed by atoms with E-state index in [1.807, 2.05) is 6.92 Å².